The zero-order chi connectivity index (χ0) is 23.9. The average Bonchev–Trinajstić information content (AvgIpc) is 3.29. The first-order valence-corrected chi connectivity index (χ1v) is 12.0. The summed E-state index contributed by atoms with van der Waals surface area (Å²) in [5.41, 5.74) is 4.66. The molecule has 3 aromatic carbocycles. The van der Waals surface area contributed by atoms with E-state index in [-0.39, 0.29) is 11.7 Å². The van der Waals surface area contributed by atoms with Gasteiger partial charge >= 0.3 is 0 Å². The van der Waals surface area contributed by atoms with Gasteiger partial charge in [-0.15, -0.1) is 0 Å². The Kier molecular flexibility index (Phi) is 7.54. The van der Waals surface area contributed by atoms with Gasteiger partial charge in [-0.3, -0.25) is 9.36 Å². The average molecular weight is 474 g/mol. The van der Waals surface area contributed by atoms with Gasteiger partial charge in [-0.05, 0) is 74.5 Å². The van der Waals surface area contributed by atoms with E-state index >= 15 is 0 Å². The molecular formula is C27H27N3O3S. The maximum atomic E-state index is 12.6. The van der Waals surface area contributed by atoms with Crippen LogP contribution < -0.4 is 14.8 Å². The lowest BCUT2D eigenvalue weighted by atomic mass is 10.1. The Labute approximate surface area is 203 Å². The first-order chi connectivity index (χ1) is 16.6. The highest BCUT2D eigenvalue weighted by Crippen LogP contribution is 2.29. The van der Waals surface area contributed by atoms with Crippen LogP contribution >= 0.6 is 11.8 Å². The zero-order valence-electron chi connectivity index (χ0n) is 19.4. The summed E-state index contributed by atoms with van der Waals surface area (Å²) in [6, 6.07) is 23.4. The van der Waals surface area contributed by atoms with Gasteiger partial charge in [-0.2, -0.15) is 0 Å². The molecule has 1 amide bonds. The van der Waals surface area contributed by atoms with E-state index in [2.05, 4.69) is 5.32 Å². The zero-order valence-corrected chi connectivity index (χ0v) is 20.3. The van der Waals surface area contributed by atoms with Gasteiger partial charge in [0.25, 0.3) is 0 Å². The van der Waals surface area contributed by atoms with E-state index in [9.17, 15) is 4.79 Å². The molecular weight excluding hydrogens is 446 g/mol. The third kappa shape index (κ3) is 5.80. The predicted molar refractivity (Wildman–Crippen MR) is 137 cm³/mol. The SMILES string of the molecule is CCOc1ccc(-c2cn(-c3ccc(OC)cc3)c(SCC(=O)Nc3ccc(C)cc3)n2)cc1. The molecule has 174 valence electrons. The molecule has 1 N–H and O–H groups in total. The van der Waals surface area contributed by atoms with Gasteiger partial charge in [0.1, 0.15) is 11.5 Å². The van der Waals surface area contributed by atoms with E-state index < -0.39 is 0 Å². The maximum absolute atomic E-state index is 12.6. The number of ether oxygens (including phenoxy) is 2. The van der Waals surface area contributed by atoms with Crippen molar-refractivity contribution in [2.45, 2.75) is 19.0 Å². The minimum atomic E-state index is -0.0826. The number of carbonyl (C=O) groups is 1. The number of imidazole rings is 1. The summed E-state index contributed by atoms with van der Waals surface area (Å²) >= 11 is 1.39. The molecule has 7 heteroatoms. The molecule has 0 saturated carbocycles. The third-order valence-electron chi connectivity index (χ3n) is 5.15. The molecule has 4 rings (SSSR count). The second kappa shape index (κ2) is 10.9. The Morgan fingerprint density at radius 2 is 1.65 bits per heavy atom. The van der Waals surface area contributed by atoms with Crippen LogP contribution in [0, 0.1) is 6.92 Å². The number of carbonyl (C=O) groups excluding carboxylic acids is 1. The molecule has 0 unspecified atom stereocenters. The lowest BCUT2D eigenvalue weighted by Crippen LogP contribution is -2.14. The number of rotatable bonds is 9. The van der Waals surface area contributed by atoms with Gasteiger partial charge in [0.2, 0.25) is 5.91 Å². The molecule has 0 fully saturated rings. The fourth-order valence-electron chi connectivity index (χ4n) is 3.38. The van der Waals surface area contributed by atoms with E-state index in [4.69, 9.17) is 14.5 Å². The molecule has 0 aliphatic heterocycles. The molecule has 0 spiro atoms. The minimum absolute atomic E-state index is 0.0826. The molecule has 0 radical (unpaired) electrons. The number of nitrogens with zero attached hydrogens (tertiary/aromatic N) is 2. The van der Waals surface area contributed by atoms with Gasteiger partial charge < -0.3 is 14.8 Å². The van der Waals surface area contributed by atoms with Crippen molar-refractivity contribution in [2.24, 2.45) is 0 Å². The summed E-state index contributed by atoms with van der Waals surface area (Å²) in [6.07, 6.45) is 1.98. The van der Waals surface area contributed by atoms with E-state index in [1.807, 2.05) is 97.4 Å². The number of hydrogen-bond donors (Lipinski definition) is 1. The van der Waals surface area contributed by atoms with Crippen molar-refractivity contribution < 1.29 is 14.3 Å². The number of benzene rings is 3. The molecule has 1 heterocycles. The molecule has 0 aliphatic rings. The van der Waals surface area contributed by atoms with Gasteiger partial charge in [-0.1, -0.05) is 29.5 Å². The van der Waals surface area contributed by atoms with E-state index in [1.54, 1.807) is 7.11 Å². The first kappa shape index (κ1) is 23.4. The molecule has 0 bridgehead atoms. The van der Waals surface area contributed by atoms with Crippen molar-refractivity contribution in [1.29, 1.82) is 0 Å². The third-order valence-corrected chi connectivity index (χ3v) is 6.11. The van der Waals surface area contributed by atoms with Crippen LogP contribution in [0.15, 0.2) is 84.1 Å². The summed E-state index contributed by atoms with van der Waals surface area (Å²) in [4.78, 5) is 17.4. The number of aromatic nitrogens is 2. The van der Waals surface area contributed by atoms with Gasteiger partial charge in [0.05, 0.1) is 25.2 Å². The Morgan fingerprint density at radius 1 is 0.971 bits per heavy atom. The summed E-state index contributed by atoms with van der Waals surface area (Å²) < 4.78 is 12.8. The lowest BCUT2D eigenvalue weighted by molar-refractivity contribution is -0.113. The number of aryl methyl sites for hydroxylation is 1. The van der Waals surface area contributed by atoms with Crippen molar-refractivity contribution in [3.8, 4) is 28.4 Å². The smallest absolute Gasteiger partial charge is 0.234 e. The monoisotopic (exact) mass is 473 g/mol. The van der Waals surface area contributed by atoms with Crippen LogP contribution in [-0.2, 0) is 4.79 Å². The largest absolute Gasteiger partial charge is 0.497 e. The Morgan fingerprint density at radius 3 is 2.29 bits per heavy atom. The molecule has 34 heavy (non-hydrogen) atoms. The van der Waals surface area contributed by atoms with Crippen LogP contribution in [0.25, 0.3) is 16.9 Å². The van der Waals surface area contributed by atoms with Crippen molar-refractivity contribution in [3.05, 3.63) is 84.6 Å². The molecule has 0 atom stereocenters. The highest BCUT2D eigenvalue weighted by atomic mass is 32.2. The summed E-state index contributed by atoms with van der Waals surface area (Å²) in [5.74, 6) is 1.76. The van der Waals surface area contributed by atoms with Crippen LogP contribution in [0.5, 0.6) is 11.5 Å². The fraction of sp³-hybridized carbons (Fsp3) is 0.185. The second-order valence-corrected chi connectivity index (χ2v) is 8.58. The van der Waals surface area contributed by atoms with E-state index in [0.29, 0.717) is 6.61 Å². The molecule has 1 aromatic heterocycles. The standard InChI is InChI=1S/C27H27N3O3S/c1-4-33-24-13-7-20(8-14-24)25-17-30(22-11-15-23(32-3)16-12-22)27(29-25)34-18-26(31)28-21-9-5-19(2)6-10-21/h5-17H,4,18H2,1-3H3,(H,28,31). The number of methoxy groups -OCH3 is 1. The van der Waals surface area contributed by atoms with Crippen LogP contribution in [0.4, 0.5) is 5.69 Å². The molecule has 4 aromatic rings. The van der Waals surface area contributed by atoms with Gasteiger partial charge in [-0.25, -0.2) is 4.98 Å². The molecule has 6 nitrogen and oxygen atoms in total. The number of anilines is 1. The summed E-state index contributed by atoms with van der Waals surface area (Å²) in [6.45, 7) is 4.60. The number of thioether (sulfide) groups is 1. The van der Waals surface area contributed by atoms with Crippen molar-refractivity contribution >= 4 is 23.4 Å². The highest BCUT2D eigenvalue weighted by molar-refractivity contribution is 7.99. The van der Waals surface area contributed by atoms with Crippen molar-refractivity contribution in [3.63, 3.8) is 0 Å². The number of nitrogens with one attached hydrogen (secondary N) is 1. The fourth-order valence-corrected chi connectivity index (χ4v) is 4.18. The van der Waals surface area contributed by atoms with E-state index in [0.717, 1.165) is 44.9 Å². The summed E-state index contributed by atoms with van der Waals surface area (Å²) in [5, 5.41) is 3.67. The minimum Gasteiger partial charge on any atom is -0.497 e. The van der Waals surface area contributed by atoms with Crippen LogP contribution in [0.2, 0.25) is 0 Å². The normalized spacial score (nSPS) is 10.7. The first-order valence-electron chi connectivity index (χ1n) is 11.0. The second-order valence-electron chi connectivity index (χ2n) is 7.64. The van der Waals surface area contributed by atoms with Crippen LogP contribution in [0.1, 0.15) is 12.5 Å². The predicted octanol–water partition coefficient (Wildman–Crippen LogP) is 5.99. The topological polar surface area (TPSA) is 65.4 Å². The lowest BCUT2D eigenvalue weighted by Gasteiger charge is -2.09. The molecule has 0 aliphatic carbocycles. The maximum Gasteiger partial charge on any atom is 0.234 e. The molecule has 0 saturated heterocycles. The Balaban J connectivity index is 1.57. The Bertz CT molecular complexity index is 1230. The van der Waals surface area contributed by atoms with Crippen LogP contribution in [-0.4, -0.2) is 34.9 Å². The van der Waals surface area contributed by atoms with Crippen molar-refractivity contribution in [1.82, 2.24) is 9.55 Å². The summed E-state index contributed by atoms with van der Waals surface area (Å²) in [7, 11) is 1.64. The Hall–Kier alpha value is -3.71. The quantitative estimate of drug-likeness (QED) is 0.303. The number of hydrogen-bond acceptors (Lipinski definition) is 5. The van der Waals surface area contributed by atoms with Gasteiger partial charge in [0, 0.05) is 23.1 Å². The van der Waals surface area contributed by atoms with Crippen molar-refractivity contribution in [2.75, 3.05) is 24.8 Å². The highest BCUT2D eigenvalue weighted by Gasteiger charge is 2.14. The van der Waals surface area contributed by atoms with Crippen LogP contribution in [0.3, 0.4) is 0 Å². The van der Waals surface area contributed by atoms with Gasteiger partial charge in [0.15, 0.2) is 5.16 Å². The number of amides is 1. The van der Waals surface area contributed by atoms with E-state index in [1.165, 1.54) is 11.8 Å².